The molecule has 9 nitrogen and oxygen atoms in total. The van der Waals surface area contributed by atoms with Gasteiger partial charge in [0.2, 0.25) is 0 Å². The Morgan fingerprint density at radius 1 is 1.36 bits per heavy atom. The lowest BCUT2D eigenvalue weighted by Crippen LogP contribution is -2.43. The minimum absolute atomic E-state index is 0. The van der Waals surface area contributed by atoms with Crippen LogP contribution in [0.15, 0.2) is 33.9 Å². The van der Waals surface area contributed by atoms with E-state index >= 15 is 0 Å². The van der Waals surface area contributed by atoms with E-state index in [-0.39, 0.29) is 35.8 Å². The smallest absolute Gasteiger partial charge is 0.276 e. The van der Waals surface area contributed by atoms with Crippen LogP contribution in [0.1, 0.15) is 26.1 Å². The first-order valence-electron chi connectivity index (χ1n) is 8.84. The molecule has 2 aromatic rings. The van der Waals surface area contributed by atoms with Crippen molar-refractivity contribution in [2.24, 2.45) is 4.99 Å². The Kier molecular flexibility index (Phi) is 10.4. The SMILES string of the molecule is CCNC(=NCCc1noc(-c2ccccn2)n1)NC(C)CCS(C)(=O)=O.I. The Bertz CT molecular complexity index is 842. The molecule has 156 valence electrons. The minimum atomic E-state index is -2.97. The fourth-order valence-electron chi connectivity index (χ4n) is 2.23. The van der Waals surface area contributed by atoms with Crippen molar-refractivity contribution in [2.75, 3.05) is 25.1 Å². The van der Waals surface area contributed by atoms with E-state index in [2.05, 4.69) is 30.8 Å². The van der Waals surface area contributed by atoms with E-state index in [1.165, 1.54) is 6.26 Å². The Balaban J connectivity index is 0.00000392. The highest BCUT2D eigenvalue weighted by Crippen LogP contribution is 2.13. The number of nitrogens with zero attached hydrogens (tertiary/aromatic N) is 4. The van der Waals surface area contributed by atoms with Gasteiger partial charge in [-0.1, -0.05) is 11.2 Å². The number of nitrogens with one attached hydrogen (secondary N) is 2. The maximum absolute atomic E-state index is 11.3. The first-order chi connectivity index (χ1) is 12.9. The molecule has 0 spiro atoms. The van der Waals surface area contributed by atoms with E-state index in [1.54, 1.807) is 12.3 Å². The van der Waals surface area contributed by atoms with Crippen molar-refractivity contribution >= 4 is 39.8 Å². The summed E-state index contributed by atoms with van der Waals surface area (Å²) in [4.78, 5) is 13.0. The number of hydrogen-bond donors (Lipinski definition) is 2. The Hall–Kier alpha value is -1.76. The highest BCUT2D eigenvalue weighted by atomic mass is 127. The highest BCUT2D eigenvalue weighted by molar-refractivity contribution is 14.0. The summed E-state index contributed by atoms with van der Waals surface area (Å²) in [6.45, 7) is 5.07. The van der Waals surface area contributed by atoms with E-state index in [1.807, 2.05) is 26.0 Å². The molecule has 0 amide bonds. The lowest BCUT2D eigenvalue weighted by molar-refractivity contribution is 0.421. The normalized spacial score (nSPS) is 12.9. The number of hydrogen-bond acceptors (Lipinski definition) is 7. The summed E-state index contributed by atoms with van der Waals surface area (Å²) in [6.07, 6.45) is 3.94. The molecule has 28 heavy (non-hydrogen) atoms. The van der Waals surface area contributed by atoms with E-state index < -0.39 is 9.84 Å². The zero-order chi connectivity index (χ0) is 19.7. The molecule has 2 aromatic heterocycles. The van der Waals surface area contributed by atoms with Gasteiger partial charge in [0, 0.05) is 38.0 Å². The van der Waals surface area contributed by atoms with Crippen molar-refractivity contribution in [3.05, 3.63) is 30.2 Å². The van der Waals surface area contributed by atoms with Gasteiger partial charge in [0.15, 0.2) is 11.8 Å². The van der Waals surface area contributed by atoms with Crippen molar-refractivity contribution in [1.82, 2.24) is 25.8 Å². The average Bonchev–Trinajstić information content (AvgIpc) is 3.09. The predicted molar refractivity (Wildman–Crippen MR) is 120 cm³/mol. The average molecular weight is 522 g/mol. The van der Waals surface area contributed by atoms with Crippen molar-refractivity contribution < 1.29 is 12.9 Å². The second kappa shape index (κ2) is 11.9. The van der Waals surface area contributed by atoms with Gasteiger partial charge in [0.05, 0.1) is 5.75 Å². The number of pyridine rings is 1. The number of sulfone groups is 1. The monoisotopic (exact) mass is 522 g/mol. The van der Waals surface area contributed by atoms with E-state index in [0.717, 1.165) is 0 Å². The number of aliphatic imine (C=N–C) groups is 1. The molecular weight excluding hydrogens is 495 g/mol. The van der Waals surface area contributed by atoms with Gasteiger partial charge >= 0.3 is 0 Å². The zero-order valence-electron chi connectivity index (χ0n) is 16.3. The molecule has 2 rings (SSSR count). The molecule has 0 saturated heterocycles. The van der Waals surface area contributed by atoms with Gasteiger partial charge < -0.3 is 15.2 Å². The van der Waals surface area contributed by atoms with Crippen LogP contribution in [0.5, 0.6) is 0 Å². The van der Waals surface area contributed by atoms with Crippen LogP contribution in [0, 0.1) is 0 Å². The second-order valence-corrected chi connectivity index (χ2v) is 8.47. The van der Waals surface area contributed by atoms with Crippen molar-refractivity contribution in [3.63, 3.8) is 0 Å². The van der Waals surface area contributed by atoms with Crippen LogP contribution in [-0.2, 0) is 16.3 Å². The Labute approximate surface area is 182 Å². The molecule has 0 fully saturated rings. The van der Waals surface area contributed by atoms with Crippen LogP contribution >= 0.6 is 24.0 Å². The molecule has 0 saturated carbocycles. The van der Waals surface area contributed by atoms with E-state index in [4.69, 9.17) is 4.52 Å². The fourth-order valence-corrected chi connectivity index (χ4v) is 3.01. The quantitative estimate of drug-likeness (QED) is 0.290. The molecule has 0 radical (unpaired) electrons. The first-order valence-corrected chi connectivity index (χ1v) is 10.9. The molecule has 11 heteroatoms. The van der Waals surface area contributed by atoms with Crippen LogP contribution in [0.4, 0.5) is 0 Å². The summed E-state index contributed by atoms with van der Waals surface area (Å²) >= 11 is 0. The summed E-state index contributed by atoms with van der Waals surface area (Å²) in [5.41, 5.74) is 0.634. The predicted octanol–water partition coefficient (Wildman–Crippen LogP) is 1.67. The van der Waals surface area contributed by atoms with E-state index in [0.29, 0.717) is 49.3 Å². The number of aromatic nitrogens is 3. The molecule has 1 unspecified atom stereocenters. The molecule has 0 bridgehead atoms. The van der Waals surface area contributed by atoms with Gasteiger partial charge in [-0.25, -0.2) is 8.42 Å². The minimum Gasteiger partial charge on any atom is -0.357 e. The summed E-state index contributed by atoms with van der Waals surface area (Å²) in [7, 11) is -2.97. The molecule has 2 heterocycles. The van der Waals surface area contributed by atoms with Gasteiger partial charge in [-0.05, 0) is 32.4 Å². The molecular formula is C17H27IN6O3S. The second-order valence-electron chi connectivity index (χ2n) is 6.21. The van der Waals surface area contributed by atoms with Crippen molar-refractivity contribution in [2.45, 2.75) is 32.7 Å². The number of guanidine groups is 1. The fraction of sp³-hybridized carbons (Fsp3) is 0.529. The van der Waals surface area contributed by atoms with Gasteiger partial charge in [-0.3, -0.25) is 9.98 Å². The number of rotatable bonds is 9. The third-order valence-electron chi connectivity index (χ3n) is 3.61. The standard InChI is InChI=1S/C17H26N6O3S.HI/c1-4-18-17(21-13(2)9-12-27(3,24)25)20-11-8-15-22-16(26-23-15)14-7-5-6-10-19-14;/h5-7,10,13H,4,8-9,11-12H2,1-3H3,(H2,18,20,21);1H. The van der Waals surface area contributed by atoms with Crippen LogP contribution in [0.2, 0.25) is 0 Å². The van der Waals surface area contributed by atoms with Crippen LogP contribution in [-0.4, -0.2) is 60.6 Å². The van der Waals surface area contributed by atoms with E-state index in [9.17, 15) is 8.42 Å². The summed E-state index contributed by atoms with van der Waals surface area (Å²) in [5.74, 6) is 1.71. The molecule has 1 atom stereocenters. The van der Waals surface area contributed by atoms with Crippen LogP contribution in [0.3, 0.4) is 0 Å². The number of halogens is 1. The zero-order valence-corrected chi connectivity index (χ0v) is 19.4. The molecule has 0 aliphatic heterocycles. The largest absolute Gasteiger partial charge is 0.357 e. The maximum atomic E-state index is 11.3. The highest BCUT2D eigenvalue weighted by Gasteiger charge is 2.11. The van der Waals surface area contributed by atoms with Crippen LogP contribution < -0.4 is 10.6 Å². The Morgan fingerprint density at radius 2 is 2.14 bits per heavy atom. The third kappa shape index (κ3) is 8.95. The lowest BCUT2D eigenvalue weighted by Gasteiger charge is -2.17. The van der Waals surface area contributed by atoms with Gasteiger partial charge in [-0.2, -0.15) is 4.98 Å². The summed E-state index contributed by atoms with van der Waals surface area (Å²) < 4.78 is 27.8. The molecule has 0 aromatic carbocycles. The van der Waals surface area contributed by atoms with Crippen molar-refractivity contribution in [1.29, 1.82) is 0 Å². The topological polar surface area (TPSA) is 122 Å². The van der Waals surface area contributed by atoms with Gasteiger partial charge in [0.25, 0.3) is 5.89 Å². The summed E-state index contributed by atoms with van der Waals surface area (Å²) in [6, 6.07) is 5.47. The lowest BCUT2D eigenvalue weighted by atomic mass is 10.3. The Morgan fingerprint density at radius 3 is 2.79 bits per heavy atom. The molecule has 0 aliphatic rings. The summed E-state index contributed by atoms with van der Waals surface area (Å²) in [5, 5.41) is 10.3. The molecule has 0 aliphatic carbocycles. The van der Waals surface area contributed by atoms with Gasteiger partial charge in [-0.15, -0.1) is 24.0 Å². The van der Waals surface area contributed by atoms with Gasteiger partial charge in [0.1, 0.15) is 15.5 Å². The van der Waals surface area contributed by atoms with Crippen molar-refractivity contribution in [3.8, 4) is 11.6 Å². The first kappa shape index (κ1) is 24.3. The van der Waals surface area contributed by atoms with Crippen LogP contribution in [0.25, 0.3) is 11.6 Å². The molecule has 2 N–H and O–H groups in total. The maximum Gasteiger partial charge on any atom is 0.276 e. The third-order valence-corrected chi connectivity index (χ3v) is 4.58.